The number of hydrogen-bond donors (Lipinski definition) is 1. The smallest absolute Gasteiger partial charge is 0.237 e. The van der Waals surface area contributed by atoms with Crippen molar-refractivity contribution < 1.29 is 9.53 Å². The summed E-state index contributed by atoms with van der Waals surface area (Å²) < 4.78 is 5.69. The maximum absolute atomic E-state index is 12.2. The summed E-state index contributed by atoms with van der Waals surface area (Å²) in [6, 6.07) is 8.49. The summed E-state index contributed by atoms with van der Waals surface area (Å²) in [6.07, 6.45) is 7.10. The second-order valence-electron chi connectivity index (χ2n) is 7.56. The van der Waals surface area contributed by atoms with Crippen molar-refractivity contribution in [2.45, 2.75) is 38.4 Å². The Hall–Kier alpha value is -2.51. The predicted molar refractivity (Wildman–Crippen MR) is 106 cm³/mol. The fourth-order valence-corrected chi connectivity index (χ4v) is 3.40. The number of amides is 1. The summed E-state index contributed by atoms with van der Waals surface area (Å²) in [5, 5.41) is 3.11. The zero-order chi connectivity index (χ0) is 19.3. The Morgan fingerprint density at radius 1 is 1.18 bits per heavy atom. The van der Waals surface area contributed by atoms with Crippen LogP contribution in [0.4, 0.5) is 0 Å². The fourth-order valence-electron chi connectivity index (χ4n) is 3.40. The first-order valence-corrected chi connectivity index (χ1v) is 9.97. The van der Waals surface area contributed by atoms with Gasteiger partial charge in [0.15, 0.2) is 0 Å². The zero-order valence-electron chi connectivity index (χ0n) is 16.3. The highest BCUT2D eigenvalue weighted by Gasteiger charge is 2.29. The quantitative estimate of drug-likeness (QED) is 0.792. The van der Waals surface area contributed by atoms with E-state index in [9.17, 15) is 4.79 Å². The normalized spacial score (nSPS) is 19.2. The predicted octanol–water partition coefficient (Wildman–Crippen LogP) is 2.05. The Bertz CT molecular complexity index is 771. The SMILES string of the molecule is CC(C(=O)NC1CC1)N1CCN(Cc2ccc(Oc3cnccn3)cc2)CC1. The lowest BCUT2D eigenvalue weighted by Gasteiger charge is -2.37. The second kappa shape index (κ2) is 8.67. The molecule has 2 heterocycles. The second-order valence-corrected chi connectivity index (χ2v) is 7.56. The lowest BCUT2D eigenvalue weighted by molar-refractivity contribution is -0.126. The summed E-state index contributed by atoms with van der Waals surface area (Å²) in [5.41, 5.74) is 1.25. The number of carbonyl (C=O) groups is 1. The van der Waals surface area contributed by atoms with Crippen molar-refractivity contribution >= 4 is 5.91 Å². The van der Waals surface area contributed by atoms with Gasteiger partial charge in [0, 0.05) is 51.2 Å². The van der Waals surface area contributed by atoms with E-state index in [0.717, 1.165) is 51.3 Å². The Morgan fingerprint density at radius 3 is 2.57 bits per heavy atom. The molecule has 1 aromatic carbocycles. The van der Waals surface area contributed by atoms with Crippen LogP contribution in [0.25, 0.3) is 0 Å². The van der Waals surface area contributed by atoms with E-state index < -0.39 is 0 Å². The Labute approximate surface area is 165 Å². The summed E-state index contributed by atoms with van der Waals surface area (Å²) in [4.78, 5) is 25.1. The third kappa shape index (κ3) is 5.05. The Balaban J connectivity index is 1.23. The van der Waals surface area contributed by atoms with Crippen LogP contribution in [0, 0.1) is 0 Å². The van der Waals surface area contributed by atoms with Crippen LogP contribution in [0.5, 0.6) is 11.6 Å². The highest BCUT2D eigenvalue weighted by Crippen LogP contribution is 2.21. The monoisotopic (exact) mass is 381 g/mol. The highest BCUT2D eigenvalue weighted by atomic mass is 16.5. The van der Waals surface area contributed by atoms with Gasteiger partial charge in [0.1, 0.15) is 5.75 Å². The molecule has 0 radical (unpaired) electrons. The summed E-state index contributed by atoms with van der Waals surface area (Å²) >= 11 is 0. The fraction of sp³-hybridized carbons (Fsp3) is 0.476. The Kier molecular flexibility index (Phi) is 5.83. The van der Waals surface area contributed by atoms with Crippen LogP contribution in [0.1, 0.15) is 25.3 Å². The molecule has 1 N–H and O–H groups in total. The maximum atomic E-state index is 12.2. The van der Waals surface area contributed by atoms with Crippen LogP contribution in [0.15, 0.2) is 42.9 Å². The molecule has 2 aliphatic rings. The van der Waals surface area contributed by atoms with Crippen molar-refractivity contribution in [1.82, 2.24) is 25.1 Å². The molecule has 0 spiro atoms. The molecule has 1 aliphatic carbocycles. The van der Waals surface area contributed by atoms with Crippen molar-refractivity contribution in [3.63, 3.8) is 0 Å². The molecule has 28 heavy (non-hydrogen) atoms. The minimum Gasteiger partial charge on any atom is -0.438 e. The number of benzene rings is 1. The summed E-state index contributed by atoms with van der Waals surface area (Å²) in [5.74, 6) is 1.42. The minimum absolute atomic E-state index is 0.0414. The van der Waals surface area contributed by atoms with Gasteiger partial charge in [0.05, 0.1) is 12.2 Å². The van der Waals surface area contributed by atoms with E-state index in [4.69, 9.17) is 4.74 Å². The molecule has 7 nitrogen and oxygen atoms in total. The molecule has 4 rings (SSSR count). The lowest BCUT2D eigenvalue weighted by Crippen LogP contribution is -2.53. The van der Waals surface area contributed by atoms with Crippen molar-refractivity contribution in [2.75, 3.05) is 26.2 Å². The topological polar surface area (TPSA) is 70.6 Å². The molecular weight excluding hydrogens is 354 g/mol. The zero-order valence-corrected chi connectivity index (χ0v) is 16.3. The first kappa shape index (κ1) is 18.8. The van der Waals surface area contributed by atoms with E-state index in [1.54, 1.807) is 18.6 Å². The van der Waals surface area contributed by atoms with Crippen molar-refractivity contribution in [1.29, 1.82) is 0 Å². The van der Waals surface area contributed by atoms with E-state index in [0.29, 0.717) is 11.9 Å². The molecule has 2 fully saturated rings. The van der Waals surface area contributed by atoms with E-state index in [-0.39, 0.29) is 11.9 Å². The van der Waals surface area contributed by atoms with Gasteiger partial charge in [-0.15, -0.1) is 0 Å². The highest BCUT2D eigenvalue weighted by molar-refractivity contribution is 5.81. The Morgan fingerprint density at radius 2 is 1.93 bits per heavy atom. The van der Waals surface area contributed by atoms with Gasteiger partial charge in [0.2, 0.25) is 11.8 Å². The average Bonchev–Trinajstić information content (AvgIpc) is 3.54. The third-order valence-electron chi connectivity index (χ3n) is 5.35. The molecule has 1 saturated carbocycles. The summed E-state index contributed by atoms with van der Waals surface area (Å²) in [6.45, 7) is 6.71. The van der Waals surface area contributed by atoms with E-state index >= 15 is 0 Å². The number of piperazine rings is 1. The van der Waals surface area contributed by atoms with Gasteiger partial charge in [-0.2, -0.15) is 0 Å². The first-order valence-electron chi connectivity index (χ1n) is 9.97. The lowest BCUT2D eigenvalue weighted by atomic mass is 10.1. The van der Waals surface area contributed by atoms with E-state index in [2.05, 4.69) is 37.2 Å². The number of aromatic nitrogens is 2. The standard InChI is InChI=1S/C21H27N5O2/c1-16(21(27)24-18-4-5-18)26-12-10-25(11-13-26)15-17-2-6-19(7-3-17)28-20-14-22-8-9-23-20/h2-3,6-9,14,16,18H,4-5,10-13,15H2,1H3,(H,24,27). The van der Waals surface area contributed by atoms with Crippen molar-refractivity contribution in [3.8, 4) is 11.6 Å². The number of nitrogens with one attached hydrogen (secondary N) is 1. The third-order valence-corrected chi connectivity index (χ3v) is 5.35. The van der Waals surface area contributed by atoms with E-state index in [1.165, 1.54) is 5.56 Å². The van der Waals surface area contributed by atoms with Crippen LogP contribution < -0.4 is 10.1 Å². The number of rotatable bonds is 7. The number of ether oxygens (including phenoxy) is 1. The van der Waals surface area contributed by atoms with Gasteiger partial charge < -0.3 is 10.1 Å². The molecule has 0 bridgehead atoms. The minimum atomic E-state index is -0.0414. The van der Waals surface area contributed by atoms with Gasteiger partial charge in [-0.1, -0.05) is 12.1 Å². The van der Waals surface area contributed by atoms with Crippen LogP contribution in [-0.4, -0.2) is 63.9 Å². The average molecular weight is 381 g/mol. The molecule has 1 unspecified atom stereocenters. The van der Waals surface area contributed by atoms with Gasteiger partial charge >= 0.3 is 0 Å². The van der Waals surface area contributed by atoms with Crippen LogP contribution in [-0.2, 0) is 11.3 Å². The summed E-state index contributed by atoms with van der Waals surface area (Å²) in [7, 11) is 0. The molecule has 1 aliphatic heterocycles. The van der Waals surface area contributed by atoms with Gasteiger partial charge in [-0.3, -0.25) is 19.6 Å². The molecule has 1 atom stereocenters. The van der Waals surface area contributed by atoms with Crippen LogP contribution >= 0.6 is 0 Å². The molecule has 2 aromatic rings. The molecule has 1 aromatic heterocycles. The number of carbonyl (C=O) groups excluding carboxylic acids is 1. The maximum Gasteiger partial charge on any atom is 0.237 e. The van der Waals surface area contributed by atoms with Gasteiger partial charge in [-0.05, 0) is 37.5 Å². The van der Waals surface area contributed by atoms with Gasteiger partial charge in [0.25, 0.3) is 0 Å². The number of hydrogen-bond acceptors (Lipinski definition) is 6. The van der Waals surface area contributed by atoms with Crippen molar-refractivity contribution in [2.24, 2.45) is 0 Å². The van der Waals surface area contributed by atoms with Crippen LogP contribution in [0.3, 0.4) is 0 Å². The largest absolute Gasteiger partial charge is 0.438 e. The molecular formula is C21H27N5O2. The first-order chi connectivity index (χ1) is 13.7. The molecule has 7 heteroatoms. The number of nitrogens with zero attached hydrogens (tertiary/aromatic N) is 4. The van der Waals surface area contributed by atoms with Crippen LogP contribution in [0.2, 0.25) is 0 Å². The molecule has 1 amide bonds. The molecule has 148 valence electrons. The van der Waals surface area contributed by atoms with E-state index in [1.807, 2.05) is 19.1 Å². The van der Waals surface area contributed by atoms with Crippen molar-refractivity contribution in [3.05, 3.63) is 48.4 Å². The molecule has 1 saturated heterocycles. The van der Waals surface area contributed by atoms with Gasteiger partial charge in [-0.25, -0.2) is 4.98 Å².